The maximum absolute atomic E-state index is 13.2. The van der Waals surface area contributed by atoms with Gasteiger partial charge in [-0.25, -0.2) is 12.8 Å². The van der Waals surface area contributed by atoms with Gasteiger partial charge in [0.05, 0.1) is 6.54 Å². The summed E-state index contributed by atoms with van der Waals surface area (Å²) in [6.45, 7) is -0.104. The summed E-state index contributed by atoms with van der Waals surface area (Å²) < 4.78 is 44.3. The highest BCUT2D eigenvalue weighted by Crippen LogP contribution is 2.14. The van der Waals surface area contributed by atoms with Crippen LogP contribution in [0, 0.1) is 17.7 Å². The van der Waals surface area contributed by atoms with Gasteiger partial charge in [0, 0.05) is 12.4 Å². The smallest absolute Gasteiger partial charge is 0.242 e. The fourth-order valence-corrected chi connectivity index (χ4v) is 2.40. The first-order chi connectivity index (χ1) is 10.6. The minimum absolute atomic E-state index is 0.0322. The molecular formula is C15H13FN2O3S. The molecule has 5 nitrogen and oxygen atoms in total. The molecular weight excluding hydrogens is 307 g/mol. The first-order valence-electron chi connectivity index (χ1n) is 6.32. The lowest BCUT2D eigenvalue weighted by Gasteiger charge is -2.03. The first-order valence-corrected chi connectivity index (χ1v) is 7.80. The van der Waals surface area contributed by atoms with Gasteiger partial charge in [-0.3, -0.25) is 4.98 Å². The highest BCUT2D eigenvalue weighted by atomic mass is 32.2. The number of pyridine rings is 1. The molecule has 0 saturated carbocycles. The summed E-state index contributed by atoms with van der Waals surface area (Å²) in [6, 6.07) is 8.94. The summed E-state index contributed by atoms with van der Waals surface area (Å²) in [5, 5.41) is 0. The summed E-state index contributed by atoms with van der Waals surface area (Å²) in [6.07, 6.45) is 2.73. The van der Waals surface area contributed by atoms with E-state index in [-0.39, 0.29) is 23.8 Å². The second-order valence-corrected chi connectivity index (χ2v) is 5.85. The van der Waals surface area contributed by atoms with Crippen molar-refractivity contribution >= 4 is 10.0 Å². The number of aromatic nitrogens is 1. The fraction of sp³-hybridized carbons (Fsp3) is 0.133. The Morgan fingerprint density at radius 2 is 2.00 bits per heavy atom. The normalized spacial score (nSPS) is 10.6. The van der Waals surface area contributed by atoms with E-state index in [1.165, 1.54) is 36.7 Å². The van der Waals surface area contributed by atoms with Gasteiger partial charge in [-0.1, -0.05) is 24.0 Å². The summed E-state index contributed by atoms with van der Waals surface area (Å²) in [5.41, 5.74) is 0. The first kappa shape index (κ1) is 15.9. The number of halogens is 1. The molecule has 2 rings (SSSR count). The van der Waals surface area contributed by atoms with Crippen LogP contribution >= 0.6 is 0 Å². The molecule has 1 heterocycles. The van der Waals surface area contributed by atoms with E-state index in [1.54, 1.807) is 12.1 Å². The third kappa shape index (κ3) is 4.55. The van der Waals surface area contributed by atoms with Crippen molar-refractivity contribution in [2.45, 2.75) is 4.90 Å². The van der Waals surface area contributed by atoms with E-state index in [1.807, 2.05) is 0 Å². The molecule has 0 aliphatic heterocycles. The molecule has 22 heavy (non-hydrogen) atoms. The summed E-state index contributed by atoms with van der Waals surface area (Å²) in [4.78, 5) is 3.81. The molecule has 1 N–H and O–H groups in total. The topological polar surface area (TPSA) is 68.3 Å². The second-order valence-electron chi connectivity index (χ2n) is 4.09. The molecule has 114 valence electrons. The number of ether oxygens (including phenoxy) is 1. The third-order valence-corrected chi connectivity index (χ3v) is 3.94. The highest BCUT2D eigenvalue weighted by molar-refractivity contribution is 7.89. The molecule has 0 aliphatic carbocycles. The maximum atomic E-state index is 13.2. The standard InChI is InChI=1S/C15H13FN2O3S/c16-14-7-1-2-8-15(14)21-11-4-3-10-18-22(19,20)13-6-5-9-17-12-13/h1-2,5-9,12,18H,10-11H2. The lowest BCUT2D eigenvalue weighted by molar-refractivity contribution is 0.348. The van der Waals surface area contributed by atoms with Gasteiger partial charge in [-0.05, 0) is 24.3 Å². The van der Waals surface area contributed by atoms with Crippen molar-refractivity contribution in [3.63, 3.8) is 0 Å². The Labute approximate surface area is 128 Å². The van der Waals surface area contributed by atoms with Gasteiger partial charge in [0.2, 0.25) is 10.0 Å². The quantitative estimate of drug-likeness (QED) is 0.849. The van der Waals surface area contributed by atoms with E-state index >= 15 is 0 Å². The summed E-state index contributed by atoms with van der Waals surface area (Å²) in [5.74, 6) is 4.83. The minimum Gasteiger partial charge on any atom is -0.478 e. The van der Waals surface area contributed by atoms with E-state index in [0.717, 1.165) is 0 Å². The predicted molar refractivity (Wildman–Crippen MR) is 79.1 cm³/mol. The van der Waals surface area contributed by atoms with Crippen LogP contribution in [-0.2, 0) is 10.0 Å². The van der Waals surface area contributed by atoms with E-state index < -0.39 is 15.8 Å². The zero-order chi connectivity index (χ0) is 15.8. The van der Waals surface area contributed by atoms with E-state index in [9.17, 15) is 12.8 Å². The fourth-order valence-electron chi connectivity index (χ4n) is 1.51. The van der Waals surface area contributed by atoms with Crippen molar-refractivity contribution in [2.75, 3.05) is 13.2 Å². The molecule has 0 amide bonds. The molecule has 1 aromatic carbocycles. The summed E-state index contributed by atoms with van der Waals surface area (Å²) in [7, 11) is -3.62. The number of hydrogen-bond acceptors (Lipinski definition) is 4. The summed E-state index contributed by atoms with van der Waals surface area (Å²) >= 11 is 0. The molecule has 0 atom stereocenters. The van der Waals surface area contributed by atoms with Crippen molar-refractivity contribution in [3.05, 3.63) is 54.6 Å². The Morgan fingerprint density at radius 3 is 2.73 bits per heavy atom. The van der Waals surface area contributed by atoms with Crippen LogP contribution in [0.25, 0.3) is 0 Å². The molecule has 1 aromatic heterocycles. The van der Waals surface area contributed by atoms with E-state index in [2.05, 4.69) is 21.5 Å². The number of hydrogen-bond donors (Lipinski definition) is 1. The van der Waals surface area contributed by atoms with Gasteiger partial charge in [0.15, 0.2) is 11.6 Å². The van der Waals surface area contributed by atoms with Gasteiger partial charge < -0.3 is 4.74 Å². The average Bonchev–Trinajstić information content (AvgIpc) is 2.53. The molecule has 0 bridgehead atoms. The van der Waals surface area contributed by atoms with Crippen LogP contribution in [-0.4, -0.2) is 26.6 Å². The Hall–Kier alpha value is -2.43. The van der Waals surface area contributed by atoms with Crippen LogP contribution in [0.2, 0.25) is 0 Å². The molecule has 2 aromatic rings. The van der Waals surface area contributed by atoms with Crippen molar-refractivity contribution in [1.29, 1.82) is 0 Å². The van der Waals surface area contributed by atoms with Crippen LogP contribution in [0.15, 0.2) is 53.7 Å². The average molecular weight is 320 g/mol. The second kappa shape index (κ2) is 7.54. The van der Waals surface area contributed by atoms with Gasteiger partial charge in [0.1, 0.15) is 11.5 Å². The monoisotopic (exact) mass is 320 g/mol. The number of benzene rings is 1. The third-order valence-electron chi connectivity index (χ3n) is 2.56. The van der Waals surface area contributed by atoms with Crippen LogP contribution in [0.1, 0.15) is 0 Å². The van der Waals surface area contributed by atoms with Gasteiger partial charge >= 0.3 is 0 Å². The predicted octanol–water partition coefficient (Wildman–Crippen LogP) is 1.58. The minimum atomic E-state index is -3.62. The van der Waals surface area contributed by atoms with Crippen molar-refractivity contribution in [1.82, 2.24) is 9.71 Å². The number of nitrogens with one attached hydrogen (secondary N) is 1. The Balaban J connectivity index is 1.81. The number of para-hydroxylation sites is 1. The van der Waals surface area contributed by atoms with Crippen LogP contribution < -0.4 is 9.46 Å². The molecule has 0 fully saturated rings. The molecule has 0 spiro atoms. The van der Waals surface area contributed by atoms with Gasteiger partial charge in [0.25, 0.3) is 0 Å². The number of sulfonamides is 1. The van der Waals surface area contributed by atoms with Crippen molar-refractivity contribution < 1.29 is 17.5 Å². The largest absolute Gasteiger partial charge is 0.478 e. The highest BCUT2D eigenvalue weighted by Gasteiger charge is 2.11. The number of rotatable bonds is 5. The maximum Gasteiger partial charge on any atom is 0.242 e. The Bertz CT molecular complexity index is 783. The van der Waals surface area contributed by atoms with Crippen LogP contribution in [0.3, 0.4) is 0 Å². The van der Waals surface area contributed by atoms with E-state index in [0.29, 0.717) is 0 Å². The van der Waals surface area contributed by atoms with Crippen LogP contribution in [0.4, 0.5) is 4.39 Å². The lowest BCUT2D eigenvalue weighted by atomic mass is 10.3. The molecule has 0 unspecified atom stereocenters. The zero-order valence-corrected chi connectivity index (χ0v) is 12.3. The molecule has 0 radical (unpaired) electrons. The SMILES string of the molecule is O=S(=O)(NCC#CCOc1ccccc1F)c1cccnc1. The zero-order valence-electron chi connectivity index (χ0n) is 11.5. The van der Waals surface area contributed by atoms with Crippen LogP contribution in [0.5, 0.6) is 5.75 Å². The molecule has 0 saturated heterocycles. The Kier molecular flexibility index (Phi) is 5.47. The molecule has 0 aliphatic rings. The Morgan fingerprint density at radius 1 is 1.18 bits per heavy atom. The molecule has 7 heteroatoms. The van der Waals surface area contributed by atoms with Crippen molar-refractivity contribution in [3.8, 4) is 17.6 Å². The number of nitrogens with zero attached hydrogens (tertiary/aromatic N) is 1. The van der Waals surface area contributed by atoms with Crippen molar-refractivity contribution in [2.24, 2.45) is 0 Å². The van der Waals surface area contributed by atoms with Gasteiger partial charge in [-0.2, -0.15) is 4.72 Å². The van der Waals surface area contributed by atoms with E-state index in [4.69, 9.17) is 4.74 Å². The van der Waals surface area contributed by atoms with Gasteiger partial charge in [-0.15, -0.1) is 0 Å². The lowest BCUT2D eigenvalue weighted by Crippen LogP contribution is -2.24.